The molecule has 0 atom stereocenters. The molecule has 1 aromatic carbocycles. The van der Waals surface area contributed by atoms with Crippen LogP contribution in [0.4, 0.5) is 5.13 Å². The first-order valence-corrected chi connectivity index (χ1v) is 9.42. The molecule has 7 heteroatoms. The third kappa shape index (κ3) is 4.37. The molecule has 1 fully saturated rings. The van der Waals surface area contributed by atoms with Crippen LogP contribution in [0, 0.1) is 0 Å². The number of benzene rings is 1. The number of fused-ring (bicyclic) bond motifs is 1. The Hall–Kier alpha value is -1.50. The number of nitrogens with two attached hydrogens (primary N) is 1. The van der Waals surface area contributed by atoms with Crippen molar-refractivity contribution in [1.29, 1.82) is 0 Å². The largest absolute Gasteiger partial charge is 0.454 e. The molecule has 0 bridgehead atoms. The van der Waals surface area contributed by atoms with Gasteiger partial charge < -0.3 is 15.2 Å². The Morgan fingerprint density at radius 3 is 2.68 bits per heavy atom. The van der Waals surface area contributed by atoms with E-state index in [1.165, 1.54) is 42.5 Å². The zero-order chi connectivity index (χ0) is 16.4. The van der Waals surface area contributed by atoms with Crippen molar-refractivity contribution in [2.45, 2.75) is 51.2 Å². The SMILES string of the molecule is Cl.Nc1ncc(CN(Cc2ccc3c(c2)OCO3)C2CCCCC2)s1. The molecule has 2 aromatic rings. The van der Waals surface area contributed by atoms with Crippen LogP contribution in [-0.2, 0) is 13.1 Å². The predicted octanol–water partition coefficient (Wildman–Crippen LogP) is 4.21. The number of nitrogens with zero attached hydrogens (tertiary/aromatic N) is 2. The smallest absolute Gasteiger partial charge is 0.231 e. The highest BCUT2D eigenvalue weighted by molar-refractivity contribution is 7.15. The number of halogens is 1. The first-order valence-electron chi connectivity index (χ1n) is 8.61. The van der Waals surface area contributed by atoms with Crippen LogP contribution in [0.15, 0.2) is 24.4 Å². The van der Waals surface area contributed by atoms with Gasteiger partial charge >= 0.3 is 0 Å². The second kappa shape index (κ2) is 8.25. The zero-order valence-corrected chi connectivity index (χ0v) is 15.8. The summed E-state index contributed by atoms with van der Waals surface area (Å²) in [6, 6.07) is 6.90. The summed E-state index contributed by atoms with van der Waals surface area (Å²) in [7, 11) is 0. The molecule has 0 unspecified atom stereocenters. The van der Waals surface area contributed by atoms with Crippen LogP contribution in [0.25, 0.3) is 0 Å². The number of ether oxygens (including phenoxy) is 2. The summed E-state index contributed by atoms with van der Waals surface area (Å²) in [6.45, 7) is 2.15. The number of hydrogen-bond acceptors (Lipinski definition) is 6. The number of thiazole rings is 1. The van der Waals surface area contributed by atoms with Gasteiger partial charge in [-0.15, -0.1) is 23.7 Å². The van der Waals surface area contributed by atoms with E-state index in [9.17, 15) is 0 Å². The first kappa shape index (κ1) is 18.3. The van der Waals surface area contributed by atoms with Gasteiger partial charge in [-0.2, -0.15) is 0 Å². The van der Waals surface area contributed by atoms with Gasteiger partial charge in [-0.1, -0.05) is 25.3 Å². The summed E-state index contributed by atoms with van der Waals surface area (Å²) in [4.78, 5) is 8.01. The minimum Gasteiger partial charge on any atom is -0.454 e. The zero-order valence-electron chi connectivity index (χ0n) is 14.1. The molecular formula is C18H24ClN3O2S. The van der Waals surface area contributed by atoms with Crippen LogP contribution in [0.1, 0.15) is 42.5 Å². The minimum absolute atomic E-state index is 0. The highest BCUT2D eigenvalue weighted by Crippen LogP contribution is 2.34. The average molecular weight is 382 g/mol. The Kier molecular flexibility index (Phi) is 6.04. The number of anilines is 1. The number of rotatable bonds is 5. The molecule has 2 aliphatic rings. The van der Waals surface area contributed by atoms with E-state index >= 15 is 0 Å². The average Bonchev–Trinajstić information content (AvgIpc) is 3.23. The minimum atomic E-state index is 0. The Balaban J connectivity index is 0.00000182. The van der Waals surface area contributed by atoms with Crippen LogP contribution in [0.5, 0.6) is 11.5 Å². The van der Waals surface area contributed by atoms with Gasteiger partial charge in [0.15, 0.2) is 16.6 Å². The molecule has 2 heterocycles. The van der Waals surface area contributed by atoms with Crippen molar-refractivity contribution in [3.63, 3.8) is 0 Å². The standard InChI is InChI=1S/C18H23N3O2S.ClH/c19-18-20-9-15(24-18)11-21(14-4-2-1-3-5-14)10-13-6-7-16-17(8-13)23-12-22-16;/h6-9,14H,1-5,10-12H2,(H2,19,20);1H. The van der Waals surface area contributed by atoms with Gasteiger partial charge in [0, 0.05) is 30.2 Å². The molecule has 0 spiro atoms. The van der Waals surface area contributed by atoms with Crippen LogP contribution in [0.3, 0.4) is 0 Å². The summed E-state index contributed by atoms with van der Waals surface area (Å²) >= 11 is 1.59. The third-order valence-electron chi connectivity index (χ3n) is 4.84. The lowest BCUT2D eigenvalue weighted by Gasteiger charge is -2.34. The second-order valence-electron chi connectivity index (χ2n) is 6.55. The van der Waals surface area contributed by atoms with Crippen molar-refractivity contribution in [2.24, 2.45) is 0 Å². The molecule has 2 N–H and O–H groups in total. The topological polar surface area (TPSA) is 60.6 Å². The molecule has 0 saturated heterocycles. The van der Waals surface area contributed by atoms with E-state index in [1.54, 1.807) is 11.3 Å². The Morgan fingerprint density at radius 1 is 1.12 bits per heavy atom. The molecule has 4 rings (SSSR count). The summed E-state index contributed by atoms with van der Waals surface area (Å²) in [5.41, 5.74) is 7.07. The highest BCUT2D eigenvalue weighted by atomic mass is 35.5. The maximum absolute atomic E-state index is 5.81. The molecule has 0 amide bonds. The molecule has 1 aliphatic heterocycles. The van der Waals surface area contributed by atoms with Gasteiger partial charge in [0.1, 0.15) is 0 Å². The second-order valence-corrected chi connectivity index (χ2v) is 7.70. The van der Waals surface area contributed by atoms with Crippen molar-refractivity contribution in [2.75, 3.05) is 12.5 Å². The summed E-state index contributed by atoms with van der Waals surface area (Å²) in [5, 5.41) is 0.650. The van der Waals surface area contributed by atoms with Crippen molar-refractivity contribution >= 4 is 28.9 Å². The van der Waals surface area contributed by atoms with E-state index in [1.807, 2.05) is 12.3 Å². The number of nitrogen functional groups attached to an aromatic ring is 1. The van der Waals surface area contributed by atoms with E-state index in [-0.39, 0.29) is 12.4 Å². The van der Waals surface area contributed by atoms with Crippen molar-refractivity contribution in [1.82, 2.24) is 9.88 Å². The molecule has 1 aliphatic carbocycles. The van der Waals surface area contributed by atoms with Crippen molar-refractivity contribution in [3.8, 4) is 11.5 Å². The van der Waals surface area contributed by atoms with Gasteiger partial charge in [0.05, 0.1) is 0 Å². The van der Waals surface area contributed by atoms with E-state index in [0.29, 0.717) is 18.0 Å². The fraction of sp³-hybridized carbons (Fsp3) is 0.500. The third-order valence-corrected chi connectivity index (χ3v) is 5.66. The Morgan fingerprint density at radius 2 is 1.92 bits per heavy atom. The highest BCUT2D eigenvalue weighted by Gasteiger charge is 2.23. The summed E-state index contributed by atoms with van der Waals surface area (Å²) in [5.74, 6) is 1.70. The lowest BCUT2D eigenvalue weighted by atomic mass is 9.93. The van der Waals surface area contributed by atoms with Gasteiger partial charge in [-0.3, -0.25) is 4.90 Å². The number of aromatic nitrogens is 1. The molecule has 1 saturated carbocycles. The molecule has 1 aromatic heterocycles. The molecular weight excluding hydrogens is 358 g/mol. The first-order chi connectivity index (χ1) is 11.8. The van der Waals surface area contributed by atoms with Gasteiger partial charge in [0.2, 0.25) is 6.79 Å². The van der Waals surface area contributed by atoms with E-state index in [0.717, 1.165) is 24.6 Å². The summed E-state index contributed by atoms with van der Waals surface area (Å²) < 4.78 is 10.9. The van der Waals surface area contributed by atoms with Crippen LogP contribution >= 0.6 is 23.7 Å². The van der Waals surface area contributed by atoms with E-state index in [2.05, 4.69) is 22.0 Å². The fourth-order valence-electron chi connectivity index (χ4n) is 3.63. The molecule has 5 nitrogen and oxygen atoms in total. The maximum Gasteiger partial charge on any atom is 0.231 e. The Labute approximate surface area is 158 Å². The normalized spacial score (nSPS) is 16.8. The van der Waals surface area contributed by atoms with Gasteiger partial charge in [0.25, 0.3) is 0 Å². The van der Waals surface area contributed by atoms with Gasteiger partial charge in [-0.25, -0.2) is 4.98 Å². The lowest BCUT2D eigenvalue weighted by Crippen LogP contribution is -2.35. The lowest BCUT2D eigenvalue weighted by molar-refractivity contribution is 0.141. The Bertz CT molecular complexity index is 703. The van der Waals surface area contributed by atoms with Crippen molar-refractivity contribution < 1.29 is 9.47 Å². The van der Waals surface area contributed by atoms with Crippen LogP contribution in [0.2, 0.25) is 0 Å². The molecule has 0 radical (unpaired) electrons. The van der Waals surface area contributed by atoms with E-state index < -0.39 is 0 Å². The summed E-state index contributed by atoms with van der Waals surface area (Å²) in [6.07, 6.45) is 8.48. The maximum atomic E-state index is 5.81. The number of hydrogen-bond donors (Lipinski definition) is 1. The van der Waals surface area contributed by atoms with Crippen LogP contribution < -0.4 is 15.2 Å². The van der Waals surface area contributed by atoms with Crippen LogP contribution in [-0.4, -0.2) is 22.7 Å². The monoisotopic (exact) mass is 381 g/mol. The fourth-order valence-corrected chi connectivity index (χ4v) is 4.34. The van der Waals surface area contributed by atoms with Crippen molar-refractivity contribution in [3.05, 3.63) is 34.8 Å². The predicted molar refractivity (Wildman–Crippen MR) is 102 cm³/mol. The van der Waals surface area contributed by atoms with Gasteiger partial charge in [-0.05, 0) is 30.5 Å². The van der Waals surface area contributed by atoms with E-state index in [4.69, 9.17) is 15.2 Å². The molecule has 25 heavy (non-hydrogen) atoms. The quantitative estimate of drug-likeness (QED) is 0.840. The molecule has 136 valence electrons.